The Bertz CT molecular complexity index is 1290. The number of allylic oxidation sites excluding steroid dienone is 2. The van der Waals surface area contributed by atoms with E-state index in [0.29, 0.717) is 5.95 Å². The van der Waals surface area contributed by atoms with Crippen molar-refractivity contribution in [3.63, 3.8) is 0 Å². The number of aryl methyl sites for hydroxylation is 1. The Morgan fingerprint density at radius 2 is 1.87 bits per heavy atom. The van der Waals surface area contributed by atoms with Gasteiger partial charge in [-0.05, 0) is 25.6 Å². The first-order valence-electron chi connectivity index (χ1n) is 14.1. The molecule has 0 atom stereocenters. The van der Waals surface area contributed by atoms with E-state index in [2.05, 4.69) is 87.7 Å². The van der Waals surface area contributed by atoms with Crippen molar-refractivity contribution in [2.45, 2.75) is 45.4 Å². The number of nitrogens with zero attached hydrogens (tertiary/aromatic N) is 4. The normalized spacial score (nSPS) is 16.2. The summed E-state index contributed by atoms with van der Waals surface area (Å²) in [7, 11) is 2.20. The summed E-state index contributed by atoms with van der Waals surface area (Å²) in [5.41, 5.74) is 9.77. The van der Waals surface area contributed by atoms with Gasteiger partial charge in [0.15, 0.2) is 0 Å². The topological polar surface area (TPSA) is 56.3 Å². The second kappa shape index (κ2) is 13.4. The molecule has 39 heavy (non-hydrogen) atoms. The SMILES string of the molecule is C=C[I-]Nc1ccc(Cc2nc(Nc3ccc(N4CCN(C)CC4)cc3CC)ncc2C2=CCCCC2)cc1. The van der Waals surface area contributed by atoms with Crippen LogP contribution in [-0.4, -0.2) is 48.1 Å². The monoisotopic (exact) mass is 635 g/mol. The van der Waals surface area contributed by atoms with Crippen molar-refractivity contribution in [2.24, 2.45) is 0 Å². The number of benzene rings is 2. The second-order valence-electron chi connectivity index (χ2n) is 10.4. The maximum absolute atomic E-state index is 5.10. The molecule has 7 heteroatoms. The van der Waals surface area contributed by atoms with Gasteiger partial charge < -0.3 is 9.80 Å². The van der Waals surface area contributed by atoms with Crippen molar-refractivity contribution < 1.29 is 21.5 Å². The van der Waals surface area contributed by atoms with Crippen LogP contribution in [-0.2, 0) is 12.8 Å². The molecule has 3 aromatic rings. The number of piperazine rings is 1. The van der Waals surface area contributed by atoms with Gasteiger partial charge in [0.1, 0.15) is 0 Å². The van der Waals surface area contributed by atoms with Gasteiger partial charge in [-0.2, -0.15) is 0 Å². The number of halogens is 1. The molecule has 0 radical (unpaired) electrons. The Kier molecular flexibility index (Phi) is 9.53. The first kappa shape index (κ1) is 27.6. The number of hydrogen-bond donors (Lipinski definition) is 2. The molecule has 2 heterocycles. The maximum atomic E-state index is 5.10. The molecule has 0 amide bonds. The number of rotatable bonds is 10. The Morgan fingerprint density at radius 1 is 1.05 bits per heavy atom. The van der Waals surface area contributed by atoms with Gasteiger partial charge in [0.05, 0.1) is 0 Å². The molecule has 1 saturated heterocycles. The predicted molar refractivity (Wildman–Crippen MR) is 160 cm³/mol. The molecule has 0 saturated carbocycles. The molecule has 1 aliphatic heterocycles. The Labute approximate surface area is 244 Å². The first-order valence-corrected chi connectivity index (χ1v) is 16.4. The van der Waals surface area contributed by atoms with Crippen molar-refractivity contribution in [1.82, 2.24) is 14.9 Å². The Hall–Kier alpha value is -2.91. The van der Waals surface area contributed by atoms with Crippen LogP contribution in [0.15, 0.2) is 65.4 Å². The molecule has 2 N–H and O–H groups in total. The third-order valence-corrected chi connectivity index (χ3v) is 9.03. The van der Waals surface area contributed by atoms with Crippen LogP contribution >= 0.6 is 0 Å². The van der Waals surface area contributed by atoms with E-state index < -0.39 is 0 Å². The average molecular weight is 636 g/mol. The average Bonchev–Trinajstić information content (AvgIpc) is 2.98. The third kappa shape index (κ3) is 7.19. The summed E-state index contributed by atoms with van der Waals surface area (Å²) in [6.07, 6.45) is 10.9. The van der Waals surface area contributed by atoms with Crippen molar-refractivity contribution in [3.05, 3.63) is 87.8 Å². The van der Waals surface area contributed by atoms with E-state index in [-0.39, 0.29) is 21.5 Å². The van der Waals surface area contributed by atoms with Crippen molar-refractivity contribution in [1.29, 1.82) is 0 Å². The number of aromatic nitrogens is 2. The van der Waals surface area contributed by atoms with Crippen LogP contribution in [0.2, 0.25) is 0 Å². The van der Waals surface area contributed by atoms with Crippen LogP contribution in [0.4, 0.5) is 23.0 Å². The summed E-state index contributed by atoms with van der Waals surface area (Å²) in [6, 6.07) is 15.5. The molecule has 1 aliphatic carbocycles. The van der Waals surface area contributed by atoms with Crippen LogP contribution in [0.1, 0.15) is 55.0 Å². The molecule has 2 aromatic carbocycles. The van der Waals surface area contributed by atoms with Gasteiger partial charge in [0.25, 0.3) is 0 Å². The van der Waals surface area contributed by atoms with Crippen LogP contribution in [0.5, 0.6) is 0 Å². The fourth-order valence-corrected chi connectivity index (χ4v) is 6.26. The summed E-state index contributed by atoms with van der Waals surface area (Å²) in [4.78, 5) is 14.8. The molecule has 206 valence electrons. The van der Waals surface area contributed by atoms with Gasteiger partial charge in [-0.15, -0.1) is 0 Å². The van der Waals surface area contributed by atoms with E-state index in [1.165, 1.54) is 40.8 Å². The van der Waals surface area contributed by atoms with Gasteiger partial charge in [-0.25, -0.2) is 0 Å². The molecule has 1 fully saturated rings. The minimum absolute atomic E-state index is 0.193. The van der Waals surface area contributed by atoms with Crippen molar-refractivity contribution in [2.75, 3.05) is 47.0 Å². The molecule has 0 unspecified atom stereocenters. The number of nitrogens with one attached hydrogen (secondary N) is 2. The van der Waals surface area contributed by atoms with Crippen LogP contribution in [0, 0.1) is 0 Å². The quantitative estimate of drug-likeness (QED) is 0.262. The predicted octanol–water partition coefficient (Wildman–Crippen LogP) is 3.64. The van der Waals surface area contributed by atoms with E-state index in [1.807, 2.05) is 10.3 Å². The van der Waals surface area contributed by atoms with E-state index in [9.17, 15) is 0 Å². The minimum atomic E-state index is -0.193. The van der Waals surface area contributed by atoms with E-state index in [0.717, 1.165) is 68.9 Å². The van der Waals surface area contributed by atoms with Gasteiger partial charge in [0, 0.05) is 31.9 Å². The molecule has 5 rings (SSSR count). The standard InChI is InChI=1S/C32H40IN6/c1-4-25-22-28(39-19-17-38(3)18-20-39)15-16-30(25)35-32-34-23-29(26-9-7-6-8-10-26)31(36-32)21-24-11-13-27(14-12-24)37-33-5-2/h5,9,11-16,22-23,37H,2,4,6-8,10,17-21H2,1,3H3,(H,34,35,36)/q-1. The number of likely N-dealkylation sites (N-methyl/N-ethyl adjacent to an activating group) is 1. The van der Waals surface area contributed by atoms with E-state index in [4.69, 9.17) is 9.97 Å². The van der Waals surface area contributed by atoms with Gasteiger partial charge >= 0.3 is 171 Å². The molecule has 2 aliphatic rings. The van der Waals surface area contributed by atoms with Gasteiger partial charge in [-0.3, -0.25) is 0 Å². The summed E-state index contributed by atoms with van der Waals surface area (Å²) < 4.78 is 5.45. The summed E-state index contributed by atoms with van der Waals surface area (Å²) in [5.74, 6) is 0.668. The van der Waals surface area contributed by atoms with Crippen LogP contribution < -0.4 is 35.2 Å². The van der Waals surface area contributed by atoms with Crippen LogP contribution in [0.25, 0.3) is 5.57 Å². The van der Waals surface area contributed by atoms with Gasteiger partial charge in [0.2, 0.25) is 0 Å². The zero-order valence-electron chi connectivity index (χ0n) is 23.2. The molecule has 1 aromatic heterocycles. The number of hydrogen-bond acceptors (Lipinski definition) is 6. The van der Waals surface area contributed by atoms with Crippen molar-refractivity contribution in [3.8, 4) is 0 Å². The van der Waals surface area contributed by atoms with E-state index >= 15 is 0 Å². The molecule has 0 spiro atoms. The fourth-order valence-electron chi connectivity index (χ4n) is 5.32. The zero-order chi connectivity index (χ0) is 27.0. The second-order valence-corrected chi connectivity index (χ2v) is 12.4. The third-order valence-electron chi connectivity index (χ3n) is 7.66. The molecular weight excluding hydrogens is 595 g/mol. The number of anilines is 4. The first-order chi connectivity index (χ1) is 19.1. The summed E-state index contributed by atoms with van der Waals surface area (Å²) in [5, 5.41) is 3.57. The molecular formula is C32H40IN6-. The Balaban J connectivity index is 1.39. The Morgan fingerprint density at radius 3 is 2.59 bits per heavy atom. The fraction of sp³-hybridized carbons (Fsp3) is 0.375. The van der Waals surface area contributed by atoms with Gasteiger partial charge in [-0.1, -0.05) is 6.92 Å². The summed E-state index contributed by atoms with van der Waals surface area (Å²) >= 11 is -0.193. The molecule has 0 bridgehead atoms. The van der Waals surface area contributed by atoms with Crippen LogP contribution in [0.3, 0.4) is 0 Å². The van der Waals surface area contributed by atoms with Crippen molar-refractivity contribution >= 4 is 28.6 Å². The summed E-state index contributed by atoms with van der Waals surface area (Å²) in [6.45, 7) is 10.4. The van der Waals surface area contributed by atoms with E-state index in [1.54, 1.807) is 0 Å². The zero-order valence-corrected chi connectivity index (χ0v) is 25.4. The molecule has 6 nitrogen and oxygen atoms in total.